The normalized spacial score (nSPS) is 30.9. The molecule has 0 aliphatic heterocycles. The van der Waals surface area contributed by atoms with Crippen LogP contribution in [0.3, 0.4) is 0 Å². The van der Waals surface area contributed by atoms with Crippen molar-refractivity contribution < 1.29 is 10.2 Å². The van der Waals surface area contributed by atoms with Crippen molar-refractivity contribution in [3.8, 4) is 11.5 Å². The molecule has 1 saturated carbocycles. The van der Waals surface area contributed by atoms with Gasteiger partial charge in [-0.15, -0.1) is 0 Å². The molecule has 2 N–H and O–H groups in total. The maximum Gasteiger partial charge on any atom is 0.115 e. The molecule has 0 heterocycles. The Bertz CT molecular complexity index is 1010. The third kappa shape index (κ3) is 5.08. The van der Waals surface area contributed by atoms with E-state index in [1.807, 2.05) is 24.3 Å². The highest BCUT2D eigenvalue weighted by molar-refractivity contribution is 5.67. The maximum absolute atomic E-state index is 9.69. The highest BCUT2D eigenvalue weighted by atomic mass is 16.3. The molecule has 2 aromatic rings. The zero-order valence-corrected chi connectivity index (χ0v) is 21.8. The predicted octanol–water partition coefficient (Wildman–Crippen LogP) is 9.00. The van der Waals surface area contributed by atoms with Gasteiger partial charge >= 0.3 is 0 Å². The zero-order valence-electron chi connectivity index (χ0n) is 21.8. The standard InChI is InChI=1S/C33H42O2/c1-23-20-32(2,3)22-33(21-23,28-12-4-24(5-13-28)26-8-16-30(34)17-9-26)29-14-6-25(7-15-29)27-10-18-31(35)19-11-27/h4,6,8-11,16-19,23,28-29,34-35H,5,7,12-15,20-22H2,1-3H3. The van der Waals surface area contributed by atoms with Gasteiger partial charge in [0.1, 0.15) is 11.5 Å². The van der Waals surface area contributed by atoms with Crippen LogP contribution in [0.4, 0.5) is 0 Å². The molecule has 3 unspecified atom stereocenters. The van der Waals surface area contributed by atoms with Gasteiger partial charge in [0.05, 0.1) is 0 Å². The van der Waals surface area contributed by atoms with Crippen molar-refractivity contribution in [1.29, 1.82) is 0 Å². The molecule has 0 spiro atoms. The Labute approximate surface area is 211 Å². The maximum atomic E-state index is 9.69. The molecule has 0 aromatic heterocycles. The van der Waals surface area contributed by atoms with Crippen molar-refractivity contribution >= 4 is 11.1 Å². The molecule has 2 nitrogen and oxygen atoms in total. The summed E-state index contributed by atoms with van der Waals surface area (Å²) < 4.78 is 0. The second kappa shape index (κ2) is 9.52. The summed E-state index contributed by atoms with van der Waals surface area (Å²) in [4.78, 5) is 0. The van der Waals surface area contributed by atoms with E-state index >= 15 is 0 Å². The topological polar surface area (TPSA) is 40.5 Å². The Balaban J connectivity index is 1.41. The van der Waals surface area contributed by atoms with Gasteiger partial charge in [-0.05, 0) is 133 Å². The molecule has 0 radical (unpaired) electrons. The monoisotopic (exact) mass is 470 g/mol. The number of phenols is 2. The van der Waals surface area contributed by atoms with Crippen LogP contribution in [-0.2, 0) is 0 Å². The van der Waals surface area contributed by atoms with E-state index < -0.39 is 0 Å². The number of hydrogen-bond acceptors (Lipinski definition) is 2. The Morgan fingerprint density at radius 3 is 1.51 bits per heavy atom. The number of benzene rings is 2. The third-order valence-corrected chi connectivity index (χ3v) is 9.36. The van der Waals surface area contributed by atoms with Crippen molar-refractivity contribution in [2.45, 2.75) is 78.6 Å². The zero-order chi connectivity index (χ0) is 24.6. The molecule has 1 fully saturated rings. The van der Waals surface area contributed by atoms with Gasteiger partial charge in [-0.2, -0.15) is 0 Å². The van der Waals surface area contributed by atoms with Gasteiger partial charge in [-0.1, -0.05) is 57.2 Å². The largest absolute Gasteiger partial charge is 0.508 e. The van der Waals surface area contributed by atoms with E-state index in [0.29, 0.717) is 22.3 Å². The summed E-state index contributed by atoms with van der Waals surface area (Å²) in [6.45, 7) is 7.52. The van der Waals surface area contributed by atoms with E-state index in [4.69, 9.17) is 0 Å². The van der Waals surface area contributed by atoms with E-state index in [9.17, 15) is 10.2 Å². The van der Waals surface area contributed by atoms with Gasteiger partial charge in [0.2, 0.25) is 0 Å². The molecule has 2 aromatic carbocycles. The van der Waals surface area contributed by atoms with Crippen molar-refractivity contribution in [1.82, 2.24) is 0 Å². The minimum Gasteiger partial charge on any atom is -0.508 e. The Hall–Kier alpha value is -2.48. The van der Waals surface area contributed by atoms with Crippen molar-refractivity contribution in [2.24, 2.45) is 28.6 Å². The van der Waals surface area contributed by atoms with Crippen LogP contribution >= 0.6 is 0 Å². The molecule has 35 heavy (non-hydrogen) atoms. The summed E-state index contributed by atoms with van der Waals surface area (Å²) in [6.07, 6.45) is 16.3. The Morgan fingerprint density at radius 1 is 0.686 bits per heavy atom. The molecular formula is C33H42O2. The molecule has 0 saturated heterocycles. The summed E-state index contributed by atoms with van der Waals surface area (Å²) in [7, 11) is 0. The van der Waals surface area contributed by atoms with Crippen LogP contribution in [0.1, 0.15) is 89.7 Å². The van der Waals surface area contributed by atoms with Crippen LogP contribution in [0.2, 0.25) is 0 Å². The number of phenolic OH excluding ortho intramolecular Hbond substituents is 2. The van der Waals surface area contributed by atoms with Crippen molar-refractivity contribution in [3.63, 3.8) is 0 Å². The van der Waals surface area contributed by atoms with Gasteiger partial charge in [-0.25, -0.2) is 0 Å². The first kappa shape index (κ1) is 24.2. The second-order valence-corrected chi connectivity index (χ2v) is 12.6. The average molecular weight is 471 g/mol. The van der Waals surface area contributed by atoms with Gasteiger partial charge in [0.15, 0.2) is 0 Å². The molecular weight excluding hydrogens is 428 g/mol. The lowest BCUT2D eigenvalue weighted by Gasteiger charge is -2.57. The molecule has 2 heteroatoms. The van der Waals surface area contributed by atoms with Crippen LogP contribution in [0.15, 0.2) is 60.7 Å². The summed E-state index contributed by atoms with van der Waals surface area (Å²) in [5.74, 6) is 2.97. The molecule has 0 amide bonds. The lowest BCUT2D eigenvalue weighted by molar-refractivity contribution is -0.0546. The Kier molecular flexibility index (Phi) is 6.59. The first-order valence-corrected chi connectivity index (χ1v) is 13.7. The molecule has 3 atom stereocenters. The molecule has 186 valence electrons. The number of aromatic hydroxyl groups is 2. The highest BCUT2D eigenvalue weighted by Gasteiger charge is 2.51. The fourth-order valence-corrected chi connectivity index (χ4v) is 8.24. The van der Waals surface area contributed by atoms with Crippen LogP contribution in [-0.4, -0.2) is 10.2 Å². The lowest BCUT2D eigenvalue weighted by atomic mass is 9.48. The average Bonchev–Trinajstić information content (AvgIpc) is 2.84. The molecule has 3 aliphatic carbocycles. The number of hydrogen-bond donors (Lipinski definition) is 2. The second-order valence-electron chi connectivity index (χ2n) is 12.6. The number of allylic oxidation sites excluding steroid dienone is 4. The van der Waals surface area contributed by atoms with Crippen LogP contribution < -0.4 is 0 Å². The Morgan fingerprint density at radius 2 is 1.14 bits per heavy atom. The fourth-order valence-electron chi connectivity index (χ4n) is 8.24. The van der Waals surface area contributed by atoms with Crippen molar-refractivity contribution in [2.75, 3.05) is 0 Å². The predicted molar refractivity (Wildman–Crippen MR) is 146 cm³/mol. The first-order valence-electron chi connectivity index (χ1n) is 13.7. The van der Waals surface area contributed by atoms with Gasteiger partial charge in [0.25, 0.3) is 0 Å². The third-order valence-electron chi connectivity index (χ3n) is 9.36. The van der Waals surface area contributed by atoms with E-state index in [-0.39, 0.29) is 0 Å². The lowest BCUT2D eigenvalue weighted by Crippen LogP contribution is -2.47. The van der Waals surface area contributed by atoms with E-state index in [1.165, 1.54) is 67.2 Å². The smallest absolute Gasteiger partial charge is 0.115 e. The van der Waals surface area contributed by atoms with Gasteiger partial charge in [0, 0.05) is 0 Å². The quantitative estimate of drug-likeness (QED) is 0.468. The molecule has 3 aliphatic rings. The van der Waals surface area contributed by atoms with E-state index in [1.54, 1.807) is 0 Å². The first-order chi connectivity index (χ1) is 16.7. The van der Waals surface area contributed by atoms with Gasteiger partial charge < -0.3 is 10.2 Å². The number of rotatable bonds is 4. The summed E-state index contributed by atoms with van der Waals surface area (Å²) >= 11 is 0. The summed E-state index contributed by atoms with van der Waals surface area (Å²) in [5, 5.41) is 19.4. The minimum atomic E-state index is 0.345. The summed E-state index contributed by atoms with van der Waals surface area (Å²) in [6, 6.07) is 15.5. The molecule has 5 rings (SSSR count). The fraction of sp³-hybridized carbons (Fsp3) is 0.515. The molecule has 0 bridgehead atoms. The van der Waals surface area contributed by atoms with E-state index in [2.05, 4.69) is 57.2 Å². The highest BCUT2D eigenvalue weighted by Crippen LogP contribution is 2.61. The van der Waals surface area contributed by atoms with Crippen LogP contribution in [0.5, 0.6) is 11.5 Å². The van der Waals surface area contributed by atoms with Crippen LogP contribution in [0.25, 0.3) is 11.1 Å². The summed E-state index contributed by atoms with van der Waals surface area (Å²) in [5.41, 5.74) is 6.27. The van der Waals surface area contributed by atoms with Gasteiger partial charge in [-0.3, -0.25) is 0 Å². The van der Waals surface area contributed by atoms with E-state index in [0.717, 1.165) is 30.6 Å². The SMILES string of the molecule is CC1CC(C)(C)CC(C2CC=C(c3ccc(O)cc3)CC2)(C2CC=C(c3ccc(O)cc3)CC2)C1. The van der Waals surface area contributed by atoms with Crippen LogP contribution in [0, 0.1) is 28.6 Å². The minimum absolute atomic E-state index is 0.345. The van der Waals surface area contributed by atoms with Crippen molar-refractivity contribution in [3.05, 3.63) is 71.8 Å².